The first-order chi connectivity index (χ1) is 14.9. The predicted octanol–water partition coefficient (Wildman–Crippen LogP) is 4.30. The molecule has 0 spiro atoms. The number of ether oxygens (including phenoxy) is 2. The maximum Gasteiger partial charge on any atom is 0.331 e. The fourth-order valence-corrected chi connectivity index (χ4v) is 3.19. The van der Waals surface area contributed by atoms with Crippen LogP contribution in [-0.4, -0.2) is 35.2 Å². The molecule has 1 aromatic heterocycles. The van der Waals surface area contributed by atoms with Crippen LogP contribution >= 0.6 is 0 Å². The summed E-state index contributed by atoms with van der Waals surface area (Å²) in [6.07, 6.45) is 3.01. The minimum atomic E-state index is -0.582. The molecule has 0 atom stereocenters. The molecule has 0 saturated heterocycles. The van der Waals surface area contributed by atoms with Crippen molar-refractivity contribution in [3.8, 4) is 5.75 Å². The number of aryl methyl sites for hydroxylation is 2. The van der Waals surface area contributed by atoms with Gasteiger partial charge in [0.15, 0.2) is 12.4 Å². The van der Waals surface area contributed by atoms with Crippen molar-refractivity contribution in [3.05, 3.63) is 88.2 Å². The quantitative estimate of drug-likeness (QED) is 0.310. The lowest BCUT2D eigenvalue weighted by Crippen LogP contribution is -2.12. The Morgan fingerprint density at radius 2 is 1.81 bits per heavy atom. The number of hydrogen-bond donors (Lipinski definition) is 0. The van der Waals surface area contributed by atoms with E-state index in [1.165, 1.54) is 18.7 Å². The number of carbonyl (C=O) groups excluding carboxylic acids is 2. The Bertz CT molecular complexity index is 1110. The van der Waals surface area contributed by atoms with E-state index in [0.717, 1.165) is 22.5 Å². The third-order valence-corrected chi connectivity index (χ3v) is 5.01. The summed E-state index contributed by atoms with van der Waals surface area (Å²) in [5.74, 6) is -0.300. The smallest absolute Gasteiger partial charge is 0.331 e. The molecule has 0 fully saturated rings. The van der Waals surface area contributed by atoms with Gasteiger partial charge in [0.25, 0.3) is 0 Å². The average Bonchev–Trinajstić information content (AvgIpc) is 3.04. The monoisotopic (exact) mass is 418 g/mol. The summed E-state index contributed by atoms with van der Waals surface area (Å²) >= 11 is 0. The Morgan fingerprint density at radius 1 is 1.06 bits per heavy atom. The van der Waals surface area contributed by atoms with Gasteiger partial charge in [0, 0.05) is 22.9 Å². The summed E-state index contributed by atoms with van der Waals surface area (Å²) in [5.41, 5.74) is 5.44. The number of rotatable bonds is 8. The normalized spacial score (nSPS) is 11.0. The molecule has 2 aromatic carbocycles. The molecular formula is C25H26N2O4. The second-order valence-electron chi connectivity index (χ2n) is 7.32. The molecule has 6 nitrogen and oxygen atoms in total. The van der Waals surface area contributed by atoms with E-state index >= 15 is 0 Å². The summed E-state index contributed by atoms with van der Waals surface area (Å²) in [6, 6.07) is 15.0. The van der Waals surface area contributed by atoms with E-state index in [1.807, 2.05) is 18.5 Å². The third kappa shape index (κ3) is 5.69. The average molecular weight is 418 g/mol. The number of aromatic nitrogens is 2. The van der Waals surface area contributed by atoms with Crippen molar-refractivity contribution < 1.29 is 19.1 Å². The van der Waals surface area contributed by atoms with Crippen LogP contribution in [0.1, 0.15) is 38.4 Å². The Kier molecular flexibility index (Phi) is 7.03. The molecule has 0 unspecified atom stereocenters. The van der Waals surface area contributed by atoms with Gasteiger partial charge in [0.05, 0.1) is 19.3 Å². The molecule has 6 heteroatoms. The molecule has 0 bridgehead atoms. The second kappa shape index (κ2) is 9.89. The van der Waals surface area contributed by atoms with Crippen molar-refractivity contribution in [2.24, 2.45) is 0 Å². The molecular weight excluding hydrogens is 392 g/mol. The van der Waals surface area contributed by atoms with Crippen LogP contribution in [0.25, 0.3) is 6.08 Å². The molecule has 0 saturated carbocycles. The van der Waals surface area contributed by atoms with Crippen molar-refractivity contribution in [1.82, 2.24) is 9.78 Å². The Hall–Kier alpha value is -3.67. The lowest BCUT2D eigenvalue weighted by atomic mass is 10.1. The molecule has 0 N–H and O–H groups in total. The molecule has 0 aliphatic rings. The molecule has 0 aliphatic carbocycles. The van der Waals surface area contributed by atoms with Gasteiger partial charge >= 0.3 is 5.97 Å². The maximum atomic E-state index is 12.2. The molecule has 1 heterocycles. The number of esters is 1. The SMILES string of the molecule is COc1cccc(C(=O)COC(=O)/C=C/c2c(C)nn(Cc3ccc(C)cc3)c2C)c1. The molecule has 160 valence electrons. The van der Waals surface area contributed by atoms with E-state index in [2.05, 4.69) is 36.3 Å². The second-order valence-corrected chi connectivity index (χ2v) is 7.32. The summed E-state index contributed by atoms with van der Waals surface area (Å²) in [5, 5.41) is 4.58. The van der Waals surface area contributed by atoms with Crippen LogP contribution in [0.3, 0.4) is 0 Å². The van der Waals surface area contributed by atoms with Crippen LogP contribution in [0.5, 0.6) is 5.75 Å². The van der Waals surface area contributed by atoms with E-state index in [9.17, 15) is 9.59 Å². The molecule has 3 aromatic rings. The standard InChI is InChI=1S/C25H26N2O4/c1-17-8-10-20(11-9-17)15-27-19(3)23(18(2)26-27)12-13-25(29)31-16-24(28)21-6-5-7-22(14-21)30-4/h5-14H,15-16H2,1-4H3/b13-12+. The van der Waals surface area contributed by atoms with E-state index in [-0.39, 0.29) is 12.4 Å². The fraction of sp³-hybridized carbons (Fsp3) is 0.240. The summed E-state index contributed by atoms with van der Waals surface area (Å²) in [4.78, 5) is 24.3. The van der Waals surface area contributed by atoms with Gasteiger partial charge in [-0.2, -0.15) is 5.10 Å². The highest BCUT2D eigenvalue weighted by Gasteiger charge is 2.12. The molecule has 3 rings (SSSR count). The zero-order valence-corrected chi connectivity index (χ0v) is 18.2. The van der Waals surface area contributed by atoms with Crippen LogP contribution in [0.4, 0.5) is 0 Å². The number of methoxy groups -OCH3 is 1. The van der Waals surface area contributed by atoms with Gasteiger partial charge in [-0.05, 0) is 44.5 Å². The number of hydrogen-bond acceptors (Lipinski definition) is 5. The van der Waals surface area contributed by atoms with Crippen LogP contribution in [0.15, 0.2) is 54.6 Å². The van der Waals surface area contributed by atoms with Crippen LogP contribution in [0.2, 0.25) is 0 Å². The summed E-state index contributed by atoms with van der Waals surface area (Å²) in [7, 11) is 1.53. The lowest BCUT2D eigenvalue weighted by Gasteiger charge is -2.05. The van der Waals surface area contributed by atoms with Gasteiger partial charge in [0.2, 0.25) is 0 Å². The third-order valence-electron chi connectivity index (χ3n) is 5.01. The highest BCUT2D eigenvalue weighted by molar-refractivity contribution is 5.99. The zero-order chi connectivity index (χ0) is 22.4. The Labute approximate surface area is 182 Å². The van der Waals surface area contributed by atoms with Gasteiger partial charge in [-0.15, -0.1) is 0 Å². The van der Waals surface area contributed by atoms with Crippen LogP contribution in [-0.2, 0) is 16.1 Å². The topological polar surface area (TPSA) is 70.4 Å². The number of benzene rings is 2. The fourth-order valence-electron chi connectivity index (χ4n) is 3.19. The first-order valence-electron chi connectivity index (χ1n) is 9.99. The minimum Gasteiger partial charge on any atom is -0.497 e. The van der Waals surface area contributed by atoms with Crippen LogP contribution < -0.4 is 4.74 Å². The van der Waals surface area contributed by atoms with E-state index in [0.29, 0.717) is 17.9 Å². The number of Topliss-reactive ketones (excluding diaryl/α,β-unsaturated/α-hetero) is 1. The predicted molar refractivity (Wildman–Crippen MR) is 119 cm³/mol. The first-order valence-corrected chi connectivity index (χ1v) is 9.99. The van der Waals surface area contributed by atoms with E-state index in [1.54, 1.807) is 30.3 Å². The van der Waals surface area contributed by atoms with Crippen molar-refractivity contribution in [3.63, 3.8) is 0 Å². The van der Waals surface area contributed by atoms with Crippen molar-refractivity contribution in [2.45, 2.75) is 27.3 Å². The number of nitrogens with zero attached hydrogens (tertiary/aromatic N) is 2. The minimum absolute atomic E-state index is 0.293. The largest absolute Gasteiger partial charge is 0.497 e. The first kappa shape index (κ1) is 22.0. The summed E-state index contributed by atoms with van der Waals surface area (Å²) < 4.78 is 12.1. The molecule has 31 heavy (non-hydrogen) atoms. The zero-order valence-electron chi connectivity index (χ0n) is 18.2. The number of ketones is 1. The molecule has 0 amide bonds. The van der Waals surface area contributed by atoms with E-state index in [4.69, 9.17) is 9.47 Å². The number of carbonyl (C=O) groups is 2. The molecule has 0 radical (unpaired) electrons. The van der Waals surface area contributed by atoms with Crippen LogP contribution in [0, 0.1) is 20.8 Å². The van der Waals surface area contributed by atoms with Gasteiger partial charge in [-0.25, -0.2) is 4.79 Å². The van der Waals surface area contributed by atoms with Gasteiger partial charge in [0.1, 0.15) is 5.75 Å². The van der Waals surface area contributed by atoms with Gasteiger partial charge in [-0.1, -0.05) is 42.0 Å². The highest BCUT2D eigenvalue weighted by atomic mass is 16.5. The highest BCUT2D eigenvalue weighted by Crippen LogP contribution is 2.17. The Balaban J connectivity index is 1.61. The molecule has 0 aliphatic heterocycles. The van der Waals surface area contributed by atoms with Gasteiger partial charge < -0.3 is 9.47 Å². The van der Waals surface area contributed by atoms with E-state index < -0.39 is 5.97 Å². The Morgan fingerprint density at radius 3 is 2.52 bits per heavy atom. The van der Waals surface area contributed by atoms with Crippen molar-refractivity contribution in [1.29, 1.82) is 0 Å². The van der Waals surface area contributed by atoms with Gasteiger partial charge in [-0.3, -0.25) is 9.48 Å². The van der Waals surface area contributed by atoms with Crippen molar-refractivity contribution in [2.75, 3.05) is 13.7 Å². The van der Waals surface area contributed by atoms with Crippen molar-refractivity contribution >= 4 is 17.8 Å². The lowest BCUT2D eigenvalue weighted by molar-refractivity contribution is -0.136. The maximum absolute atomic E-state index is 12.2. The summed E-state index contributed by atoms with van der Waals surface area (Å²) in [6.45, 7) is 6.24.